The van der Waals surface area contributed by atoms with Crippen molar-refractivity contribution in [1.82, 2.24) is 4.31 Å². The average Bonchev–Trinajstić information content (AvgIpc) is 2.82. The Morgan fingerprint density at radius 1 is 1.14 bits per heavy atom. The Morgan fingerprint density at radius 2 is 1.89 bits per heavy atom. The summed E-state index contributed by atoms with van der Waals surface area (Å²) < 4.78 is 68.5. The van der Waals surface area contributed by atoms with Crippen LogP contribution in [0.15, 0.2) is 46.3 Å². The van der Waals surface area contributed by atoms with Crippen molar-refractivity contribution in [2.45, 2.75) is 55.8 Å². The number of halogens is 2. The van der Waals surface area contributed by atoms with Gasteiger partial charge in [0.25, 0.3) is 0 Å². The topological polar surface area (TPSA) is 94.5 Å². The predicted octanol–water partition coefficient (Wildman–Crippen LogP) is 3.97. The third kappa shape index (κ3) is 5.08. The number of fused-ring (bicyclic) bond motifs is 3. The minimum Gasteiger partial charge on any atom is -0.493 e. The molecule has 1 saturated carbocycles. The molecule has 2 aromatic carbocycles. The van der Waals surface area contributed by atoms with Gasteiger partial charge in [0.1, 0.15) is 6.10 Å². The van der Waals surface area contributed by atoms with Gasteiger partial charge < -0.3 is 14.2 Å². The molecule has 2 aromatic rings. The van der Waals surface area contributed by atoms with Crippen molar-refractivity contribution >= 4 is 21.7 Å². The lowest BCUT2D eigenvalue weighted by Crippen LogP contribution is -2.36. The molecule has 1 aliphatic carbocycles. The number of hydrogen-bond acceptors (Lipinski definition) is 7. The van der Waals surface area contributed by atoms with Crippen LogP contribution in [-0.4, -0.2) is 64.4 Å². The van der Waals surface area contributed by atoms with Gasteiger partial charge >= 0.3 is 12.6 Å². The summed E-state index contributed by atoms with van der Waals surface area (Å²) in [5.74, 6) is -0.518. The lowest BCUT2D eigenvalue weighted by Gasteiger charge is -2.38. The van der Waals surface area contributed by atoms with Crippen molar-refractivity contribution < 1.29 is 36.2 Å². The van der Waals surface area contributed by atoms with Gasteiger partial charge in [-0.05, 0) is 49.1 Å². The zero-order valence-corrected chi connectivity index (χ0v) is 21.2. The van der Waals surface area contributed by atoms with E-state index in [9.17, 15) is 22.0 Å². The maximum Gasteiger partial charge on any atom is 0.387 e. The van der Waals surface area contributed by atoms with Crippen molar-refractivity contribution in [2.75, 3.05) is 21.2 Å². The number of ether oxygens (including phenoxy) is 3. The molecule has 11 heteroatoms. The Labute approximate surface area is 208 Å². The molecule has 0 saturated heterocycles. The number of sulfonamides is 1. The number of alkyl halides is 2. The van der Waals surface area contributed by atoms with Crippen LogP contribution < -0.4 is 9.47 Å². The Kier molecular flexibility index (Phi) is 7.33. The van der Waals surface area contributed by atoms with E-state index in [2.05, 4.69) is 0 Å². The monoisotopic (exact) mass is 522 g/mol. The van der Waals surface area contributed by atoms with E-state index in [1.54, 1.807) is 18.2 Å². The van der Waals surface area contributed by atoms with Crippen LogP contribution in [0.2, 0.25) is 0 Å². The van der Waals surface area contributed by atoms with E-state index >= 15 is 0 Å². The fraction of sp³-hybridized carbons (Fsp3) is 0.440. The molecule has 0 radical (unpaired) electrons. The minimum absolute atomic E-state index is 0.0903. The maximum atomic E-state index is 13.2. The number of esters is 1. The number of benzene rings is 2. The van der Waals surface area contributed by atoms with Gasteiger partial charge in [-0.15, -0.1) is 0 Å². The molecular weight excluding hydrogens is 494 g/mol. The van der Waals surface area contributed by atoms with E-state index in [4.69, 9.17) is 19.2 Å². The second-order valence-electron chi connectivity index (χ2n) is 8.98. The maximum absolute atomic E-state index is 13.2. The number of methoxy groups -OCH3 is 1. The third-order valence-electron chi connectivity index (χ3n) is 6.49. The van der Waals surface area contributed by atoms with Crippen molar-refractivity contribution in [2.24, 2.45) is 4.99 Å². The number of hydrogen-bond donors (Lipinski definition) is 0. The molecule has 4 rings (SSSR count). The summed E-state index contributed by atoms with van der Waals surface area (Å²) in [5, 5.41) is 0. The van der Waals surface area contributed by atoms with Crippen LogP contribution in [0.1, 0.15) is 48.8 Å². The molecule has 0 bridgehead atoms. The van der Waals surface area contributed by atoms with E-state index in [1.807, 2.05) is 0 Å². The molecule has 2 aliphatic rings. The minimum atomic E-state index is -3.71. The summed E-state index contributed by atoms with van der Waals surface area (Å²) in [7, 11) is 0.555. The van der Waals surface area contributed by atoms with E-state index in [-0.39, 0.29) is 40.4 Å². The lowest BCUT2D eigenvalue weighted by atomic mass is 9.74. The molecule has 0 spiro atoms. The molecule has 8 nitrogen and oxygen atoms in total. The molecule has 0 aromatic heterocycles. The smallest absolute Gasteiger partial charge is 0.387 e. The summed E-state index contributed by atoms with van der Waals surface area (Å²) in [4.78, 5) is 16.6. The van der Waals surface area contributed by atoms with Gasteiger partial charge in [-0.3, -0.25) is 9.79 Å². The summed E-state index contributed by atoms with van der Waals surface area (Å²) in [6, 6.07) is 9.34. The summed E-state index contributed by atoms with van der Waals surface area (Å²) >= 11 is 0. The first kappa shape index (κ1) is 26.0. The fourth-order valence-electron chi connectivity index (χ4n) is 4.86. The van der Waals surface area contributed by atoms with Gasteiger partial charge in [0.2, 0.25) is 10.0 Å². The van der Waals surface area contributed by atoms with E-state index < -0.39 is 16.6 Å². The van der Waals surface area contributed by atoms with E-state index in [0.29, 0.717) is 36.1 Å². The van der Waals surface area contributed by atoms with Crippen molar-refractivity contribution in [3.8, 4) is 11.5 Å². The lowest BCUT2D eigenvalue weighted by molar-refractivity contribution is -0.148. The first-order chi connectivity index (χ1) is 17.0. The normalized spacial score (nSPS) is 21.4. The van der Waals surface area contributed by atoms with Crippen LogP contribution >= 0.6 is 0 Å². The molecular formula is C25H28F2N2O6S. The zero-order valence-electron chi connectivity index (χ0n) is 20.4. The third-order valence-corrected chi connectivity index (χ3v) is 8.30. The number of carbonyl (C=O) groups is 1. The molecule has 1 fully saturated rings. The summed E-state index contributed by atoms with van der Waals surface area (Å²) in [5.41, 5.74) is 2.35. The van der Waals surface area contributed by atoms with Crippen LogP contribution in [0.25, 0.3) is 0 Å². The van der Waals surface area contributed by atoms with Crippen LogP contribution in [0.4, 0.5) is 8.78 Å². The highest BCUT2D eigenvalue weighted by atomic mass is 32.2. The molecule has 0 N–H and O–H groups in total. The van der Waals surface area contributed by atoms with Crippen molar-refractivity contribution in [3.63, 3.8) is 0 Å². The molecule has 36 heavy (non-hydrogen) atoms. The number of rotatable bonds is 7. The second kappa shape index (κ2) is 10.1. The SMILES string of the molecule is COc1cc2c(cc1OC(F)F)C(c1cccc(S(=O)(=O)N(C)C)c1)=NC1CCC(OC(C)=O)CC21. The summed E-state index contributed by atoms with van der Waals surface area (Å²) in [6.45, 7) is -1.70. The molecule has 3 atom stereocenters. The second-order valence-corrected chi connectivity index (χ2v) is 11.1. The summed E-state index contributed by atoms with van der Waals surface area (Å²) in [6.07, 6.45) is 1.50. The quantitative estimate of drug-likeness (QED) is 0.511. The average molecular weight is 523 g/mol. The molecule has 3 unspecified atom stereocenters. The highest BCUT2D eigenvalue weighted by Gasteiger charge is 2.39. The Balaban J connectivity index is 1.87. The molecule has 194 valence electrons. The first-order valence-corrected chi connectivity index (χ1v) is 12.9. The predicted molar refractivity (Wildman–Crippen MR) is 129 cm³/mol. The fourth-order valence-corrected chi connectivity index (χ4v) is 5.81. The van der Waals surface area contributed by atoms with E-state index in [1.165, 1.54) is 46.3 Å². The Bertz CT molecular complexity index is 1300. The number of nitrogens with zero attached hydrogens (tertiary/aromatic N) is 2. The Morgan fingerprint density at radius 3 is 2.53 bits per heavy atom. The van der Waals surface area contributed by atoms with Crippen molar-refractivity contribution in [3.05, 3.63) is 53.1 Å². The molecule has 0 amide bonds. The highest BCUT2D eigenvalue weighted by Crippen LogP contribution is 2.45. The Hall–Kier alpha value is -3.05. The van der Waals surface area contributed by atoms with Gasteiger partial charge in [0, 0.05) is 38.1 Å². The van der Waals surface area contributed by atoms with Gasteiger partial charge in [-0.1, -0.05) is 12.1 Å². The largest absolute Gasteiger partial charge is 0.493 e. The van der Waals surface area contributed by atoms with Crippen LogP contribution in [0, 0.1) is 0 Å². The van der Waals surface area contributed by atoms with Gasteiger partial charge in [0.05, 0.1) is 23.8 Å². The zero-order chi connectivity index (χ0) is 26.2. The van der Waals surface area contributed by atoms with Gasteiger partial charge in [-0.2, -0.15) is 8.78 Å². The molecule has 1 aliphatic heterocycles. The molecule has 1 heterocycles. The number of aliphatic imine (C=N–C) groups is 1. The van der Waals surface area contributed by atoms with Gasteiger partial charge in [-0.25, -0.2) is 12.7 Å². The van der Waals surface area contributed by atoms with Crippen LogP contribution in [-0.2, 0) is 19.6 Å². The van der Waals surface area contributed by atoms with E-state index in [0.717, 1.165) is 9.87 Å². The van der Waals surface area contributed by atoms with Gasteiger partial charge in [0.15, 0.2) is 11.5 Å². The van der Waals surface area contributed by atoms with Crippen LogP contribution in [0.3, 0.4) is 0 Å². The highest BCUT2D eigenvalue weighted by molar-refractivity contribution is 7.89. The van der Waals surface area contributed by atoms with Crippen molar-refractivity contribution in [1.29, 1.82) is 0 Å². The number of carbonyl (C=O) groups excluding carboxylic acids is 1. The first-order valence-electron chi connectivity index (χ1n) is 11.5. The standard InChI is InChI=1S/C25H28F2N2O6S/c1-14(30)34-16-8-9-21-19(11-16)18-12-22(33-4)23(35-25(26)27)13-20(18)24(28-21)15-6-5-7-17(10-15)36(31,32)29(2)3/h5-7,10,12-13,16,19,21,25H,8-9,11H2,1-4H3. The van der Waals surface area contributed by atoms with Crippen LogP contribution in [0.5, 0.6) is 11.5 Å².